The molecule has 0 bridgehead atoms. The van der Waals surface area contributed by atoms with E-state index in [-0.39, 0.29) is 0 Å². The van der Waals surface area contributed by atoms with Crippen molar-refractivity contribution in [3.8, 4) is 0 Å². The van der Waals surface area contributed by atoms with Crippen LogP contribution in [0.4, 0.5) is 0 Å². The van der Waals surface area contributed by atoms with Gasteiger partial charge in [-0.25, -0.2) is 0 Å². The highest BCUT2D eigenvalue weighted by atomic mass is 14.7. The molecule has 0 radical (unpaired) electrons. The van der Waals surface area contributed by atoms with Gasteiger partial charge in [0.05, 0.1) is 0 Å². The number of unbranched alkanes of at least 4 members (excludes halogenated alkanes) is 1. The standard InChI is InChI=1S/C15H22N2/c1-3-5-11-17-13-15-8-6-14(7-9-15)12-16-10-4-2/h6-9,12-13H,3-5,10-11H2,1-2H3. The number of nitrogens with zero attached hydrogens (tertiary/aromatic N) is 2. The average Bonchev–Trinajstić information content (AvgIpc) is 2.37. The maximum absolute atomic E-state index is 4.38. The summed E-state index contributed by atoms with van der Waals surface area (Å²) < 4.78 is 0. The van der Waals surface area contributed by atoms with Crippen LogP contribution in [0.1, 0.15) is 44.2 Å². The van der Waals surface area contributed by atoms with Crippen molar-refractivity contribution in [1.29, 1.82) is 0 Å². The van der Waals surface area contributed by atoms with Crippen LogP contribution in [0.15, 0.2) is 34.3 Å². The fraction of sp³-hybridized carbons (Fsp3) is 0.467. The third-order valence-corrected chi connectivity index (χ3v) is 2.41. The quantitative estimate of drug-likeness (QED) is 0.503. The smallest absolute Gasteiger partial charge is 0.0389 e. The molecule has 0 aliphatic heterocycles. The van der Waals surface area contributed by atoms with Crippen LogP contribution < -0.4 is 0 Å². The molecule has 0 aromatic heterocycles. The third kappa shape index (κ3) is 6.00. The van der Waals surface area contributed by atoms with Crippen LogP contribution in [0, 0.1) is 0 Å². The highest BCUT2D eigenvalue weighted by Crippen LogP contribution is 2.00. The van der Waals surface area contributed by atoms with Crippen LogP contribution in [0.2, 0.25) is 0 Å². The molecular weight excluding hydrogens is 208 g/mol. The first-order valence-corrected chi connectivity index (χ1v) is 6.46. The SMILES string of the molecule is CCCCN=Cc1ccc(C=NCCC)cc1. The third-order valence-electron chi connectivity index (χ3n) is 2.41. The van der Waals surface area contributed by atoms with Gasteiger partial charge in [0, 0.05) is 25.5 Å². The molecule has 92 valence electrons. The summed E-state index contributed by atoms with van der Waals surface area (Å²) in [6.07, 6.45) is 7.34. The van der Waals surface area contributed by atoms with Gasteiger partial charge in [0.15, 0.2) is 0 Å². The van der Waals surface area contributed by atoms with Crippen LogP contribution in [0.25, 0.3) is 0 Å². The van der Waals surface area contributed by atoms with E-state index in [2.05, 4.69) is 48.1 Å². The summed E-state index contributed by atoms with van der Waals surface area (Å²) in [5.41, 5.74) is 2.32. The van der Waals surface area contributed by atoms with E-state index in [1.54, 1.807) is 0 Å². The normalized spacial score (nSPS) is 11.6. The summed E-state index contributed by atoms with van der Waals surface area (Å²) in [6.45, 7) is 6.14. The van der Waals surface area contributed by atoms with Crippen molar-refractivity contribution in [2.45, 2.75) is 33.1 Å². The summed E-state index contributed by atoms with van der Waals surface area (Å²) in [5, 5.41) is 0. The van der Waals surface area contributed by atoms with Gasteiger partial charge in [-0.2, -0.15) is 0 Å². The Kier molecular flexibility index (Phi) is 6.96. The van der Waals surface area contributed by atoms with Crippen molar-refractivity contribution >= 4 is 12.4 Å². The Morgan fingerprint density at radius 3 is 1.82 bits per heavy atom. The minimum Gasteiger partial charge on any atom is -0.293 e. The van der Waals surface area contributed by atoms with E-state index in [9.17, 15) is 0 Å². The molecular formula is C15H22N2. The molecule has 0 aliphatic carbocycles. The second-order valence-electron chi connectivity index (χ2n) is 4.09. The molecule has 0 N–H and O–H groups in total. The fourth-order valence-corrected chi connectivity index (χ4v) is 1.39. The van der Waals surface area contributed by atoms with Crippen molar-refractivity contribution in [3.05, 3.63) is 35.4 Å². The Balaban J connectivity index is 2.47. The minimum absolute atomic E-state index is 0.903. The summed E-state index contributed by atoms with van der Waals surface area (Å²) in [6, 6.07) is 8.34. The van der Waals surface area contributed by atoms with Crippen LogP contribution in [0.5, 0.6) is 0 Å². The molecule has 2 nitrogen and oxygen atoms in total. The molecule has 0 aliphatic rings. The molecule has 1 aromatic carbocycles. The summed E-state index contributed by atoms with van der Waals surface area (Å²) in [5.74, 6) is 0. The maximum atomic E-state index is 4.38. The summed E-state index contributed by atoms with van der Waals surface area (Å²) in [4.78, 5) is 8.70. The molecule has 0 spiro atoms. The first-order chi connectivity index (χ1) is 8.36. The van der Waals surface area contributed by atoms with Crippen molar-refractivity contribution < 1.29 is 0 Å². The molecule has 0 amide bonds. The first kappa shape index (κ1) is 13.6. The minimum atomic E-state index is 0.903. The van der Waals surface area contributed by atoms with Crippen molar-refractivity contribution in [3.63, 3.8) is 0 Å². The molecule has 17 heavy (non-hydrogen) atoms. The van der Waals surface area contributed by atoms with E-state index in [1.807, 2.05) is 12.4 Å². The Bertz CT molecular complexity index is 350. The zero-order chi connectivity index (χ0) is 12.3. The van der Waals surface area contributed by atoms with Crippen molar-refractivity contribution in [1.82, 2.24) is 0 Å². The Morgan fingerprint density at radius 2 is 1.35 bits per heavy atom. The number of hydrogen-bond donors (Lipinski definition) is 0. The molecule has 0 saturated carbocycles. The first-order valence-electron chi connectivity index (χ1n) is 6.46. The van der Waals surface area contributed by atoms with Gasteiger partial charge >= 0.3 is 0 Å². The van der Waals surface area contributed by atoms with E-state index < -0.39 is 0 Å². The Hall–Kier alpha value is -1.44. The van der Waals surface area contributed by atoms with Crippen LogP contribution in [-0.4, -0.2) is 25.5 Å². The topological polar surface area (TPSA) is 24.7 Å². The molecule has 2 heteroatoms. The van der Waals surface area contributed by atoms with E-state index in [1.165, 1.54) is 6.42 Å². The lowest BCUT2D eigenvalue weighted by molar-refractivity contribution is 0.810. The van der Waals surface area contributed by atoms with E-state index >= 15 is 0 Å². The lowest BCUT2D eigenvalue weighted by atomic mass is 10.1. The number of benzene rings is 1. The Morgan fingerprint density at radius 1 is 0.824 bits per heavy atom. The second-order valence-corrected chi connectivity index (χ2v) is 4.09. The molecule has 1 rings (SSSR count). The summed E-state index contributed by atoms with van der Waals surface area (Å²) in [7, 11) is 0. The molecule has 0 unspecified atom stereocenters. The molecule has 0 atom stereocenters. The number of hydrogen-bond acceptors (Lipinski definition) is 2. The lowest BCUT2D eigenvalue weighted by Gasteiger charge is -1.95. The molecule has 0 saturated heterocycles. The largest absolute Gasteiger partial charge is 0.293 e. The van der Waals surface area contributed by atoms with E-state index in [0.717, 1.165) is 37.1 Å². The molecule has 0 heterocycles. The van der Waals surface area contributed by atoms with Crippen molar-refractivity contribution in [2.75, 3.05) is 13.1 Å². The molecule has 1 aromatic rings. The summed E-state index contributed by atoms with van der Waals surface area (Å²) >= 11 is 0. The predicted molar refractivity (Wildman–Crippen MR) is 76.6 cm³/mol. The maximum Gasteiger partial charge on any atom is 0.0389 e. The van der Waals surface area contributed by atoms with Gasteiger partial charge in [0.1, 0.15) is 0 Å². The van der Waals surface area contributed by atoms with Gasteiger partial charge in [-0.3, -0.25) is 9.98 Å². The predicted octanol–water partition coefficient (Wildman–Crippen LogP) is 3.73. The highest BCUT2D eigenvalue weighted by Gasteiger charge is 1.89. The lowest BCUT2D eigenvalue weighted by Crippen LogP contribution is -1.87. The van der Waals surface area contributed by atoms with Gasteiger partial charge in [0.2, 0.25) is 0 Å². The van der Waals surface area contributed by atoms with Crippen LogP contribution in [0.3, 0.4) is 0 Å². The van der Waals surface area contributed by atoms with E-state index in [0.29, 0.717) is 0 Å². The van der Waals surface area contributed by atoms with Gasteiger partial charge in [-0.1, -0.05) is 44.5 Å². The van der Waals surface area contributed by atoms with E-state index in [4.69, 9.17) is 0 Å². The van der Waals surface area contributed by atoms with Crippen LogP contribution in [-0.2, 0) is 0 Å². The van der Waals surface area contributed by atoms with Gasteiger partial charge in [-0.15, -0.1) is 0 Å². The van der Waals surface area contributed by atoms with Crippen LogP contribution >= 0.6 is 0 Å². The second kappa shape index (κ2) is 8.68. The number of rotatable bonds is 7. The number of aliphatic imine (C=N–C) groups is 2. The monoisotopic (exact) mass is 230 g/mol. The molecule has 0 fully saturated rings. The van der Waals surface area contributed by atoms with Gasteiger partial charge < -0.3 is 0 Å². The Labute approximate surface area is 105 Å². The van der Waals surface area contributed by atoms with Crippen molar-refractivity contribution in [2.24, 2.45) is 9.98 Å². The highest BCUT2D eigenvalue weighted by molar-refractivity contribution is 5.84. The fourth-order valence-electron chi connectivity index (χ4n) is 1.39. The zero-order valence-corrected chi connectivity index (χ0v) is 10.9. The van der Waals surface area contributed by atoms with Gasteiger partial charge in [-0.05, 0) is 24.0 Å². The zero-order valence-electron chi connectivity index (χ0n) is 10.9. The van der Waals surface area contributed by atoms with Gasteiger partial charge in [0.25, 0.3) is 0 Å². The average molecular weight is 230 g/mol.